The largest absolute Gasteiger partial charge is 0.491 e. The van der Waals surface area contributed by atoms with E-state index in [-0.39, 0.29) is 5.91 Å². The molecule has 0 saturated heterocycles. The Labute approximate surface area is 144 Å². The van der Waals surface area contributed by atoms with Crippen molar-refractivity contribution in [3.05, 3.63) is 65.2 Å². The van der Waals surface area contributed by atoms with Crippen molar-refractivity contribution < 1.29 is 9.53 Å². The van der Waals surface area contributed by atoms with Gasteiger partial charge in [0.25, 0.3) is 0 Å². The van der Waals surface area contributed by atoms with Gasteiger partial charge in [0, 0.05) is 6.08 Å². The van der Waals surface area contributed by atoms with Gasteiger partial charge in [-0.3, -0.25) is 4.79 Å². The van der Waals surface area contributed by atoms with Crippen LogP contribution in [-0.2, 0) is 4.79 Å². The molecule has 0 aliphatic carbocycles. The molecule has 24 heavy (non-hydrogen) atoms. The minimum atomic E-state index is -0.150. The summed E-state index contributed by atoms with van der Waals surface area (Å²) < 4.78 is 6.76. The number of ether oxygens (including phenoxy) is 1. The number of aromatic nitrogens is 1. The SMILES string of the molecule is Cc1ccccc1OCCNC(=O)C=Cc1nc2ccccc2s1. The van der Waals surface area contributed by atoms with Crippen LogP contribution in [0.2, 0.25) is 0 Å². The number of para-hydroxylation sites is 2. The predicted octanol–water partition coefficient (Wildman–Crippen LogP) is 3.81. The molecule has 3 rings (SSSR count). The summed E-state index contributed by atoms with van der Waals surface area (Å²) >= 11 is 1.56. The third kappa shape index (κ3) is 4.20. The lowest BCUT2D eigenvalue weighted by atomic mass is 10.2. The first-order valence-corrected chi connectivity index (χ1v) is 8.54. The lowest BCUT2D eigenvalue weighted by molar-refractivity contribution is -0.116. The van der Waals surface area contributed by atoms with Crippen LogP contribution in [0.25, 0.3) is 16.3 Å². The highest BCUT2D eigenvalue weighted by atomic mass is 32.1. The van der Waals surface area contributed by atoms with Crippen molar-refractivity contribution >= 4 is 33.5 Å². The lowest BCUT2D eigenvalue weighted by Crippen LogP contribution is -2.26. The summed E-state index contributed by atoms with van der Waals surface area (Å²) in [7, 11) is 0. The number of rotatable bonds is 6. The average molecular weight is 338 g/mol. The van der Waals surface area contributed by atoms with E-state index in [0.717, 1.165) is 26.5 Å². The Balaban J connectivity index is 1.46. The lowest BCUT2D eigenvalue weighted by Gasteiger charge is -2.08. The van der Waals surface area contributed by atoms with Gasteiger partial charge in [-0.05, 0) is 36.8 Å². The third-order valence-electron chi connectivity index (χ3n) is 3.44. The van der Waals surface area contributed by atoms with Crippen molar-refractivity contribution in [1.29, 1.82) is 0 Å². The number of benzene rings is 2. The Morgan fingerprint density at radius 2 is 2.00 bits per heavy atom. The second-order valence-electron chi connectivity index (χ2n) is 5.26. The maximum absolute atomic E-state index is 11.8. The molecule has 0 atom stereocenters. The summed E-state index contributed by atoms with van der Waals surface area (Å²) in [6.45, 7) is 2.89. The van der Waals surface area contributed by atoms with Gasteiger partial charge >= 0.3 is 0 Å². The van der Waals surface area contributed by atoms with Crippen LogP contribution < -0.4 is 10.1 Å². The molecule has 0 unspecified atom stereocenters. The van der Waals surface area contributed by atoms with Gasteiger partial charge in [-0.25, -0.2) is 4.98 Å². The number of fused-ring (bicyclic) bond motifs is 1. The standard InChI is InChI=1S/C19H18N2O2S/c1-14-6-2-4-8-16(14)23-13-12-20-18(22)10-11-19-21-15-7-3-5-9-17(15)24-19/h2-11H,12-13H2,1H3,(H,20,22). The number of amides is 1. The molecular formula is C19H18N2O2S. The number of thiazole rings is 1. The first-order chi connectivity index (χ1) is 11.7. The summed E-state index contributed by atoms with van der Waals surface area (Å²) in [5.74, 6) is 0.694. The van der Waals surface area contributed by atoms with Crippen molar-refractivity contribution in [3.8, 4) is 5.75 Å². The summed E-state index contributed by atoms with van der Waals surface area (Å²) in [5, 5.41) is 3.62. The summed E-state index contributed by atoms with van der Waals surface area (Å²) in [6, 6.07) is 15.7. The molecule has 0 aliphatic rings. The van der Waals surface area contributed by atoms with Crippen LogP contribution >= 0.6 is 11.3 Å². The maximum atomic E-state index is 11.8. The van der Waals surface area contributed by atoms with E-state index in [1.165, 1.54) is 6.08 Å². The molecule has 1 heterocycles. The van der Waals surface area contributed by atoms with E-state index >= 15 is 0 Å². The number of aryl methyl sites for hydroxylation is 1. The Morgan fingerprint density at radius 3 is 2.83 bits per heavy atom. The molecule has 122 valence electrons. The second kappa shape index (κ2) is 7.75. The minimum absolute atomic E-state index is 0.150. The van der Waals surface area contributed by atoms with Crippen molar-refractivity contribution in [1.82, 2.24) is 10.3 Å². The zero-order chi connectivity index (χ0) is 16.8. The van der Waals surface area contributed by atoms with Gasteiger partial charge in [0.2, 0.25) is 5.91 Å². The number of hydrogen-bond donors (Lipinski definition) is 1. The van der Waals surface area contributed by atoms with E-state index < -0.39 is 0 Å². The zero-order valence-corrected chi connectivity index (χ0v) is 14.2. The molecule has 1 amide bonds. The minimum Gasteiger partial charge on any atom is -0.491 e. The number of nitrogens with zero attached hydrogens (tertiary/aromatic N) is 1. The molecule has 0 fully saturated rings. The fourth-order valence-corrected chi connectivity index (χ4v) is 3.09. The number of carbonyl (C=O) groups excluding carboxylic acids is 1. The smallest absolute Gasteiger partial charge is 0.244 e. The Hall–Kier alpha value is -2.66. The molecule has 0 saturated carbocycles. The summed E-state index contributed by atoms with van der Waals surface area (Å²) in [6.07, 6.45) is 3.24. The van der Waals surface area contributed by atoms with E-state index in [0.29, 0.717) is 13.2 Å². The molecule has 3 aromatic rings. The molecule has 0 radical (unpaired) electrons. The third-order valence-corrected chi connectivity index (χ3v) is 4.44. The molecule has 0 spiro atoms. The Kier molecular flexibility index (Phi) is 5.23. The van der Waals surface area contributed by atoms with E-state index in [4.69, 9.17) is 4.74 Å². The van der Waals surface area contributed by atoms with Crippen LogP contribution in [-0.4, -0.2) is 24.0 Å². The van der Waals surface area contributed by atoms with E-state index in [1.54, 1.807) is 17.4 Å². The van der Waals surface area contributed by atoms with E-state index in [2.05, 4.69) is 10.3 Å². The summed E-state index contributed by atoms with van der Waals surface area (Å²) in [5.41, 5.74) is 2.04. The van der Waals surface area contributed by atoms with Crippen LogP contribution in [0.5, 0.6) is 5.75 Å². The number of carbonyl (C=O) groups is 1. The van der Waals surface area contributed by atoms with E-state index in [1.807, 2.05) is 55.5 Å². The van der Waals surface area contributed by atoms with Gasteiger partial charge in [-0.15, -0.1) is 11.3 Å². The van der Waals surface area contributed by atoms with Crippen LogP contribution in [0.15, 0.2) is 54.6 Å². The second-order valence-corrected chi connectivity index (χ2v) is 6.32. The van der Waals surface area contributed by atoms with Gasteiger partial charge in [0.15, 0.2) is 0 Å². The van der Waals surface area contributed by atoms with Gasteiger partial charge in [0.05, 0.1) is 16.8 Å². The number of hydrogen-bond acceptors (Lipinski definition) is 4. The highest BCUT2D eigenvalue weighted by Gasteiger charge is 2.01. The van der Waals surface area contributed by atoms with Crippen LogP contribution in [0.1, 0.15) is 10.6 Å². The topological polar surface area (TPSA) is 51.2 Å². The van der Waals surface area contributed by atoms with Crippen molar-refractivity contribution in [2.24, 2.45) is 0 Å². The first-order valence-electron chi connectivity index (χ1n) is 7.72. The normalized spacial score (nSPS) is 11.0. The van der Waals surface area contributed by atoms with Crippen molar-refractivity contribution in [3.63, 3.8) is 0 Å². The first kappa shape index (κ1) is 16.2. The van der Waals surface area contributed by atoms with Crippen LogP contribution in [0.3, 0.4) is 0 Å². The van der Waals surface area contributed by atoms with Gasteiger partial charge in [-0.2, -0.15) is 0 Å². The molecule has 1 aromatic heterocycles. The fraction of sp³-hybridized carbons (Fsp3) is 0.158. The molecular weight excluding hydrogens is 320 g/mol. The monoisotopic (exact) mass is 338 g/mol. The molecule has 4 nitrogen and oxygen atoms in total. The van der Waals surface area contributed by atoms with E-state index in [9.17, 15) is 4.79 Å². The molecule has 0 bridgehead atoms. The summed E-state index contributed by atoms with van der Waals surface area (Å²) in [4.78, 5) is 16.3. The van der Waals surface area contributed by atoms with Gasteiger partial charge in [0.1, 0.15) is 17.4 Å². The van der Waals surface area contributed by atoms with Crippen LogP contribution in [0.4, 0.5) is 0 Å². The highest BCUT2D eigenvalue weighted by Crippen LogP contribution is 2.22. The van der Waals surface area contributed by atoms with Crippen molar-refractivity contribution in [2.45, 2.75) is 6.92 Å². The van der Waals surface area contributed by atoms with Gasteiger partial charge in [-0.1, -0.05) is 30.3 Å². The molecule has 5 heteroatoms. The van der Waals surface area contributed by atoms with Gasteiger partial charge < -0.3 is 10.1 Å². The predicted molar refractivity (Wildman–Crippen MR) is 98.3 cm³/mol. The molecule has 1 N–H and O–H groups in total. The number of nitrogens with one attached hydrogen (secondary N) is 1. The average Bonchev–Trinajstić information content (AvgIpc) is 3.01. The Morgan fingerprint density at radius 1 is 1.21 bits per heavy atom. The Bertz CT molecular complexity index is 837. The highest BCUT2D eigenvalue weighted by molar-refractivity contribution is 7.19. The molecule has 2 aromatic carbocycles. The van der Waals surface area contributed by atoms with Crippen molar-refractivity contribution in [2.75, 3.05) is 13.2 Å². The zero-order valence-electron chi connectivity index (χ0n) is 13.4. The quantitative estimate of drug-likeness (QED) is 0.549. The fourth-order valence-electron chi connectivity index (χ4n) is 2.22. The maximum Gasteiger partial charge on any atom is 0.244 e. The van der Waals surface area contributed by atoms with Crippen LogP contribution in [0, 0.1) is 6.92 Å². The molecule has 0 aliphatic heterocycles.